The molecular weight excluding hydrogens is 219 g/mol. The van der Waals surface area contributed by atoms with E-state index >= 15 is 0 Å². The van der Waals surface area contributed by atoms with Crippen LogP contribution in [0, 0.1) is 5.82 Å². The summed E-state index contributed by atoms with van der Waals surface area (Å²) in [6.45, 7) is 1.66. The molecule has 0 fully saturated rings. The Kier molecular flexibility index (Phi) is 4.07. The number of pyridine rings is 1. The zero-order chi connectivity index (χ0) is 11.9. The smallest absolute Gasteiger partial charge is 0.165 e. The number of imidazole rings is 1. The summed E-state index contributed by atoms with van der Waals surface area (Å²) in [5, 5.41) is 2.98. The second-order valence-electron chi connectivity index (χ2n) is 3.77. The minimum Gasteiger partial charge on any atom is -0.368 e. The van der Waals surface area contributed by atoms with E-state index in [1.807, 2.05) is 10.8 Å². The number of nitrogens with zero attached hydrogens (tertiary/aromatic N) is 3. The number of hydrogen-bond acceptors (Lipinski definition) is 3. The van der Waals surface area contributed by atoms with Crippen LogP contribution in [0.4, 0.5) is 10.2 Å². The monoisotopic (exact) mass is 234 g/mol. The minimum absolute atomic E-state index is 0.304. The van der Waals surface area contributed by atoms with E-state index in [2.05, 4.69) is 15.3 Å². The highest BCUT2D eigenvalue weighted by Crippen LogP contribution is 2.08. The number of rotatable bonds is 6. The van der Waals surface area contributed by atoms with Gasteiger partial charge in [0.25, 0.3) is 0 Å². The van der Waals surface area contributed by atoms with Gasteiger partial charge in [-0.05, 0) is 25.0 Å². The molecule has 90 valence electrons. The van der Waals surface area contributed by atoms with Gasteiger partial charge in [-0.15, -0.1) is 0 Å². The second-order valence-corrected chi connectivity index (χ2v) is 3.77. The molecule has 0 aliphatic rings. The summed E-state index contributed by atoms with van der Waals surface area (Å²) in [6, 6.07) is 2.99. The van der Waals surface area contributed by atoms with Crippen molar-refractivity contribution in [2.75, 3.05) is 11.9 Å². The molecule has 2 heterocycles. The van der Waals surface area contributed by atoms with Gasteiger partial charge in [-0.2, -0.15) is 0 Å². The number of hydrogen-bond donors (Lipinski definition) is 1. The van der Waals surface area contributed by atoms with E-state index in [-0.39, 0.29) is 5.82 Å². The Labute approximate surface area is 99.5 Å². The maximum absolute atomic E-state index is 13.2. The number of aryl methyl sites for hydroxylation is 1. The third-order valence-corrected chi connectivity index (χ3v) is 2.45. The molecule has 0 saturated carbocycles. The Morgan fingerprint density at radius 1 is 1.29 bits per heavy atom. The van der Waals surface area contributed by atoms with Gasteiger partial charge >= 0.3 is 0 Å². The zero-order valence-corrected chi connectivity index (χ0v) is 9.51. The lowest BCUT2D eigenvalue weighted by atomic mass is 10.3. The molecule has 5 heteroatoms. The lowest BCUT2D eigenvalue weighted by Crippen LogP contribution is -2.06. The molecule has 0 saturated heterocycles. The van der Waals surface area contributed by atoms with Crippen molar-refractivity contribution >= 4 is 5.82 Å². The number of anilines is 1. The molecule has 2 aromatic rings. The third-order valence-electron chi connectivity index (χ3n) is 2.45. The van der Waals surface area contributed by atoms with Crippen LogP contribution in [-0.4, -0.2) is 21.1 Å². The Hall–Kier alpha value is -1.91. The normalized spacial score (nSPS) is 10.4. The first-order valence-corrected chi connectivity index (χ1v) is 5.66. The minimum atomic E-state index is -0.304. The zero-order valence-electron chi connectivity index (χ0n) is 9.51. The van der Waals surface area contributed by atoms with Crippen LogP contribution < -0.4 is 5.32 Å². The maximum atomic E-state index is 13.2. The van der Waals surface area contributed by atoms with E-state index in [1.54, 1.807) is 24.8 Å². The van der Waals surface area contributed by atoms with Crippen molar-refractivity contribution in [3.8, 4) is 0 Å². The summed E-state index contributed by atoms with van der Waals surface area (Å²) >= 11 is 0. The fourth-order valence-corrected chi connectivity index (χ4v) is 1.56. The number of unbranched alkanes of at least 4 members (excludes halogenated alkanes) is 1. The Balaban J connectivity index is 1.65. The predicted octanol–water partition coefficient (Wildman–Crippen LogP) is 2.31. The van der Waals surface area contributed by atoms with E-state index in [4.69, 9.17) is 0 Å². The largest absolute Gasteiger partial charge is 0.368 e. The predicted molar refractivity (Wildman–Crippen MR) is 64.1 cm³/mol. The molecule has 2 rings (SSSR count). The maximum Gasteiger partial charge on any atom is 0.165 e. The van der Waals surface area contributed by atoms with Crippen LogP contribution in [0.3, 0.4) is 0 Å². The average molecular weight is 234 g/mol. The quantitative estimate of drug-likeness (QED) is 0.780. The van der Waals surface area contributed by atoms with Gasteiger partial charge in [-0.3, -0.25) is 0 Å². The van der Waals surface area contributed by atoms with Gasteiger partial charge in [0.2, 0.25) is 0 Å². The van der Waals surface area contributed by atoms with Gasteiger partial charge in [0, 0.05) is 31.7 Å². The van der Waals surface area contributed by atoms with Crippen LogP contribution in [0.2, 0.25) is 0 Å². The summed E-state index contributed by atoms with van der Waals surface area (Å²) in [4.78, 5) is 7.89. The summed E-state index contributed by atoms with van der Waals surface area (Å²) in [7, 11) is 0. The van der Waals surface area contributed by atoms with Crippen LogP contribution in [0.25, 0.3) is 0 Å². The van der Waals surface area contributed by atoms with Crippen LogP contribution in [0.1, 0.15) is 12.8 Å². The van der Waals surface area contributed by atoms with Gasteiger partial charge < -0.3 is 9.88 Å². The lowest BCUT2D eigenvalue weighted by molar-refractivity contribution is 0.610. The van der Waals surface area contributed by atoms with Crippen molar-refractivity contribution in [2.45, 2.75) is 19.4 Å². The Morgan fingerprint density at radius 2 is 2.24 bits per heavy atom. The molecule has 1 N–H and O–H groups in total. The standard InChI is InChI=1S/C12H15FN4/c13-11-4-3-6-16-12(11)15-5-1-2-8-17-9-7-14-10-17/h3-4,6-7,9-10H,1-2,5,8H2,(H,15,16). The van der Waals surface area contributed by atoms with Crippen molar-refractivity contribution in [3.63, 3.8) is 0 Å². The van der Waals surface area contributed by atoms with Gasteiger partial charge in [0.1, 0.15) is 0 Å². The topological polar surface area (TPSA) is 42.7 Å². The van der Waals surface area contributed by atoms with E-state index in [9.17, 15) is 4.39 Å². The highest BCUT2D eigenvalue weighted by Gasteiger charge is 2.00. The van der Waals surface area contributed by atoms with Crippen molar-refractivity contribution in [1.29, 1.82) is 0 Å². The first kappa shape index (κ1) is 11.6. The molecule has 0 atom stereocenters. The van der Waals surface area contributed by atoms with Crippen molar-refractivity contribution < 1.29 is 4.39 Å². The average Bonchev–Trinajstić information content (AvgIpc) is 2.84. The molecule has 0 radical (unpaired) electrons. The molecule has 0 spiro atoms. The molecule has 0 aliphatic heterocycles. The lowest BCUT2D eigenvalue weighted by Gasteiger charge is -2.06. The Bertz CT molecular complexity index is 442. The Morgan fingerprint density at radius 3 is 3.00 bits per heavy atom. The number of halogens is 1. The summed E-state index contributed by atoms with van der Waals surface area (Å²) in [6.07, 6.45) is 9.07. The fourth-order valence-electron chi connectivity index (χ4n) is 1.56. The first-order valence-electron chi connectivity index (χ1n) is 5.66. The van der Waals surface area contributed by atoms with E-state index in [1.165, 1.54) is 6.07 Å². The van der Waals surface area contributed by atoms with Crippen molar-refractivity contribution in [2.24, 2.45) is 0 Å². The van der Waals surface area contributed by atoms with Gasteiger partial charge in [-0.1, -0.05) is 0 Å². The molecule has 0 aliphatic carbocycles. The molecular formula is C12H15FN4. The number of aromatic nitrogens is 3. The molecule has 4 nitrogen and oxygen atoms in total. The summed E-state index contributed by atoms with van der Waals surface area (Å²) in [5.74, 6) is 0.0252. The van der Waals surface area contributed by atoms with Gasteiger partial charge in [0.05, 0.1) is 6.33 Å². The first-order chi connectivity index (χ1) is 8.36. The highest BCUT2D eigenvalue weighted by molar-refractivity contribution is 5.35. The fraction of sp³-hybridized carbons (Fsp3) is 0.333. The molecule has 0 bridgehead atoms. The van der Waals surface area contributed by atoms with Crippen molar-refractivity contribution in [3.05, 3.63) is 42.9 Å². The van der Waals surface area contributed by atoms with Crippen molar-refractivity contribution in [1.82, 2.24) is 14.5 Å². The summed E-state index contributed by atoms with van der Waals surface area (Å²) in [5.41, 5.74) is 0. The number of nitrogens with one attached hydrogen (secondary N) is 1. The van der Waals surface area contributed by atoms with E-state index < -0.39 is 0 Å². The molecule has 17 heavy (non-hydrogen) atoms. The van der Waals surface area contributed by atoms with Gasteiger partial charge in [-0.25, -0.2) is 14.4 Å². The highest BCUT2D eigenvalue weighted by atomic mass is 19.1. The summed E-state index contributed by atoms with van der Waals surface area (Å²) < 4.78 is 15.2. The SMILES string of the molecule is Fc1cccnc1NCCCCn1ccnc1. The molecule has 2 aromatic heterocycles. The molecule has 0 amide bonds. The third kappa shape index (κ3) is 3.55. The van der Waals surface area contributed by atoms with Gasteiger partial charge in [0.15, 0.2) is 11.6 Å². The molecule has 0 unspecified atom stereocenters. The van der Waals surface area contributed by atoms with Crippen LogP contribution in [-0.2, 0) is 6.54 Å². The van der Waals surface area contributed by atoms with E-state index in [0.717, 1.165) is 25.9 Å². The molecule has 0 aromatic carbocycles. The van der Waals surface area contributed by atoms with Crippen LogP contribution >= 0.6 is 0 Å². The van der Waals surface area contributed by atoms with Crippen LogP contribution in [0.5, 0.6) is 0 Å². The van der Waals surface area contributed by atoms with E-state index in [0.29, 0.717) is 5.82 Å². The van der Waals surface area contributed by atoms with Crippen LogP contribution in [0.15, 0.2) is 37.1 Å². The second kappa shape index (κ2) is 5.98.